The van der Waals surface area contributed by atoms with Gasteiger partial charge in [-0.3, -0.25) is 4.31 Å². The normalized spacial score (nSPS) is 21.4. The highest BCUT2D eigenvalue weighted by Crippen LogP contribution is 2.29. The minimum absolute atomic E-state index is 0.101. The van der Waals surface area contributed by atoms with Crippen molar-refractivity contribution in [2.75, 3.05) is 18.0 Å². The van der Waals surface area contributed by atoms with E-state index in [2.05, 4.69) is 9.72 Å². The molecule has 2 heterocycles. The lowest BCUT2D eigenvalue weighted by atomic mass is 10.2. The van der Waals surface area contributed by atoms with Crippen LogP contribution in [0.25, 0.3) is 0 Å². The molecule has 1 unspecified atom stereocenters. The number of rotatable bonds is 2. The highest BCUT2D eigenvalue weighted by Gasteiger charge is 2.36. The van der Waals surface area contributed by atoms with Crippen molar-refractivity contribution in [3.63, 3.8) is 0 Å². The maximum absolute atomic E-state index is 12.1. The van der Waals surface area contributed by atoms with E-state index in [4.69, 9.17) is 11.6 Å². The minimum Gasteiger partial charge on any atom is -0.465 e. The Hall–Kier alpha value is -1.34. The average molecular weight is 305 g/mol. The topological polar surface area (TPSA) is 76.6 Å². The number of hydrogen-bond acceptors (Lipinski definition) is 5. The van der Waals surface area contributed by atoms with Crippen molar-refractivity contribution in [3.05, 3.63) is 22.8 Å². The zero-order valence-electron chi connectivity index (χ0n) is 10.5. The van der Waals surface area contributed by atoms with Gasteiger partial charge < -0.3 is 4.74 Å². The summed E-state index contributed by atoms with van der Waals surface area (Å²) in [6.45, 7) is 1.99. The summed E-state index contributed by atoms with van der Waals surface area (Å²) < 4.78 is 29.9. The second-order valence-electron chi connectivity index (χ2n) is 4.23. The number of halogens is 1. The Kier molecular flexibility index (Phi) is 3.69. The van der Waals surface area contributed by atoms with E-state index in [1.807, 2.05) is 0 Å². The van der Waals surface area contributed by atoms with Gasteiger partial charge in [0.1, 0.15) is 5.82 Å². The Morgan fingerprint density at radius 2 is 2.26 bits per heavy atom. The van der Waals surface area contributed by atoms with Gasteiger partial charge in [-0.05, 0) is 19.4 Å². The molecule has 0 bridgehead atoms. The molecule has 0 spiro atoms. The molecule has 0 aliphatic carbocycles. The van der Waals surface area contributed by atoms with Gasteiger partial charge in [0.05, 0.1) is 22.9 Å². The third kappa shape index (κ3) is 2.40. The second-order valence-corrected chi connectivity index (χ2v) is 6.91. The SMILES string of the molecule is COC(=O)c1cc(N2CCC(C)S2(=O)=O)ncc1Cl. The van der Waals surface area contributed by atoms with Gasteiger partial charge in [0.15, 0.2) is 0 Å². The Morgan fingerprint density at radius 1 is 1.58 bits per heavy atom. The maximum Gasteiger partial charge on any atom is 0.339 e. The summed E-state index contributed by atoms with van der Waals surface area (Å²) in [7, 11) is -2.18. The number of methoxy groups -OCH3 is 1. The molecule has 0 aromatic carbocycles. The minimum atomic E-state index is -3.41. The van der Waals surface area contributed by atoms with Crippen molar-refractivity contribution in [1.29, 1.82) is 0 Å². The number of ether oxygens (including phenoxy) is 1. The first kappa shape index (κ1) is 14.1. The molecule has 1 aromatic rings. The molecule has 0 amide bonds. The number of anilines is 1. The van der Waals surface area contributed by atoms with Crippen LogP contribution in [0.15, 0.2) is 12.3 Å². The molecule has 0 radical (unpaired) electrons. The predicted octanol–water partition coefficient (Wildman–Crippen LogP) is 1.45. The first-order chi connectivity index (χ1) is 8.87. The van der Waals surface area contributed by atoms with Crippen LogP contribution in [0.2, 0.25) is 5.02 Å². The van der Waals surface area contributed by atoms with E-state index >= 15 is 0 Å². The number of esters is 1. The zero-order valence-corrected chi connectivity index (χ0v) is 12.0. The Morgan fingerprint density at radius 3 is 2.79 bits per heavy atom. The molecule has 1 aliphatic rings. The lowest BCUT2D eigenvalue weighted by Gasteiger charge is -2.17. The van der Waals surface area contributed by atoms with Gasteiger partial charge in [0.2, 0.25) is 10.0 Å². The molecule has 104 valence electrons. The van der Waals surface area contributed by atoms with E-state index in [-0.39, 0.29) is 16.4 Å². The van der Waals surface area contributed by atoms with Crippen LogP contribution in [0, 0.1) is 0 Å². The third-order valence-electron chi connectivity index (χ3n) is 3.06. The maximum atomic E-state index is 12.1. The van der Waals surface area contributed by atoms with E-state index < -0.39 is 21.2 Å². The molecule has 1 saturated heterocycles. The Labute approximate surface area is 116 Å². The van der Waals surface area contributed by atoms with Crippen molar-refractivity contribution < 1.29 is 17.9 Å². The number of carbonyl (C=O) groups excluding carboxylic acids is 1. The third-order valence-corrected chi connectivity index (χ3v) is 5.59. The molecule has 6 nitrogen and oxygen atoms in total. The molecular weight excluding hydrogens is 292 g/mol. The summed E-state index contributed by atoms with van der Waals surface area (Å²) in [5.74, 6) is -0.438. The van der Waals surface area contributed by atoms with E-state index in [1.165, 1.54) is 23.7 Å². The fraction of sp³-hybridized carbons (Fsp3) is 0.455. The van der Waals surface area contributed by atoms with E-state index in [9.17, 15) is 13.2 Å². The average Bonchev–Trinajstić information content (AvgIpc) is 2.64. The summed E-state index contributed by atoms with van der Waals surface area (Å²) in [5.41, 5.74) is 0.101. The van der Waals surface area contributed by atoms with Crippen molar-refractivity contribution in [2.45, 2.75) is 18.6 Å². The summed E-state index contributed by atoms with van der Waals surface area (Å²) in [6.07, 6.45) is 1.78. The number of hydrogen-bond donors (Lipinski definition) is 0. The fourth-order valence-corrected chi connectivity index (χ4v) is 3.61. The van der Waals surface area contributed by atoms with E-state index in [0.717, 1.165) is 0 Å². The van der Waals surface area contributed by atoms with Crippen molar-refractivity contribution in [2.24, 2.45) is 0 Å². The molecule has 1 aliphatic heterocycles. The van der Waals surface area contributed by atoms with Crippen molar-refractivity contribution in [3.8, 4) is 0 Å². The van der Waals surface area contributed by atoms with Gasteiger partial charge in [-0.2, -0.15) is 0 Å². The molecule has 19 heavy (non-hydrogen) atoms. The summed E-state index contributed by atoms with van der Waals surface area (Å²) >= 11 is 5.84. The Bertz CT molecular complexity index is 617. The lowest BCUT2D eigenvalue weighted by molar-refractivity contribution is 0.0601. The molecule has 0 saturated carbocycles. The summed E-state index contributed by atoms with van der Waals surface area (Å²) in [5, 5.41) is -0.327. The van der Waals surface area contributed by atoms with Gasteiger partial charge in [-0.15, -0.1) is 0 Å². The van der Waals surface area contributed by atoms with Crippen LogP contribution in [0.5, 0.6) is 0 Å². The summed E-state index contributed by atoms with van der Waals surface area (Å²) in [4.78, 5) is 15.5. The Balaban J connectivity index is 2.45. The number of sulfonamides is 1. The number of aromatic nitrogens is 1. The molecule has 1 fully saturated rings. The van der Waals surface area contributed by atoms with Crippen molar-refractivity contribution in [1.82, 2.24) is 4.98 Å². The van der Waals surface area contributed by atoms with Gasteiger partial charge in [-0.1, -0.05) is 11.6 Å². The lowest BCUT2D eigenvalue weighted by Crippen LogP contribution is -2.29. The number of carbonyl (C=O) groups is 1. The highest BCUT2D eigenvalue weighted by molar-refractivity contribution is 7.93. The van der Waals surface area contributed by atoms with Gasteiger partial charge in [0, 0.05) is 12.7 Å². The van der Waals surface area contributed by atoms with Crippen LogP contribution in [0.3, 0.4) is 0 Å². The van der Waals surface area contributed by atoms with Crippen LogP contribution in [-0.4, -0.2) is 38.3 Å². The van der Waals surface area contributed by atoms with Gasteiger partial charge >= 0.3 is 5.97 Å². The van der Waals surface area contributed by atoms with Crippen LogP contribution in [0.4, 0.5) is 5.82 Å². The van der Waals surface area contributed by atoms with Crippen LogP contribution < -0.4 is 4.31 Å². The standard InChI is InChI=1S/C11H13ClN2O4S/c1-7-3-4-14(19(7,16)17)10-5-8(11(15)18-2)9(12)6-13-10/h5-7H,3-4H2,1-2H3. The van der Waals surface area contributed by atoms with Crippen LogP contribution in [0.1, 0.15) is 23.7 Å². The smallest absolute Gasteiger partial charge is 0.339 e. The van der Waals surface area contributed by atoms with Crippen LogP contribution >= 0.6 is 11.6 Å². The zero-order chi connectivity index (χ0) is 14.2. The molecule has 2 rings (SSSR count). The van der Waals surface area contributed by atoms with Gasteiger partial charge in [0.25, 0.3) is 0 Å². The fourth-order valence-electron chi connectivity index (χ4n) is 1.87. The monoisotopic (exact) mass is 304 g/mol. The molecule has 1 atom stereocenters. The molecule has 1 aromatic heterocycles. The molecule has 0 N–H and O–H groups in total. The van der Waals surface area contributed by atoms with E-state index in [1.54, 1.807) is 6.92 Å². The van der Waals surface area contributed by atoms with Gasteiger partial charge in [-0.25, -0.2) is 18.2 Å². The second kappa shape index (κ2) is 4.97. The van der Waals surface area contributed by atoms with Crippen LogP contribution in [-0.2, 0) is 14.8 Å². The van der Waals surface area contributed by atoms with Crippen molar-refractivity contribution >= 4 is 33.4 Å². The summed E-state index contributed by atoms with van der Waals surface area (Å²) in [6, 6.07) is 1.34. The van der Waals surface area contributed by atoms with E-state index in [0.29, 0.717) is 13.0 Å². The number of pyridine rings is 1. The quantitative estimate of drug-likeness (QED) is 0.773. The predicted molar refractivity (Wildman–Crippen MR) is 70.9 cm³/mol. The first-order valence-electron chi connectivity index (χ1n) is 5.63. The molecule has 8 heteroatoms. The highest BCUT2D eigenvalue weighted by atomic mass is 35.5. The first-order valence-corrected chi connectivity index (χ1v) is 7.51. The largest absolute Gasteiger partial charge is 0.465 e. The molecular formula is C11H13ClN2O4S. The number of nitrogens with zero attached hydrogens (tertiary/aromatic N) is 2.